The van der Waals surface area contributed by atoms with Crippen molar-refractivity contribution in [3.63, 3.8) is 0 Å². The van der Waals surface area contributed by atoms with E-state index in [9.17, 15) is 14.7 Å². The lowest BCUT2D eigenvalue weighted by Gasteiger charge is -2.36. The summed E-state index contributed by atoms with van der Waals surface area (Å²) in [5.74, 6) is 1.58. The first-order chi connectivity index (χ1) is 13.5. The normalized spacial score (nSPS) is 28.7. The molecule has 0 bridgehead atoms. The van der Waals surface area contributed by atoms with Gasteiger partial charge in [-0.25, -0.2) is 9.78 Å². The van der Waals surface area contributed by atoms with E-state index in [1.807, 2.05) is 18.0 Å². The molecular weight excluding hydrogens is 358 g/mol. The largest absolute Gasteiger partial charge is 0.465 e. The molecule has 150 valence electrons. The molecule has 2 saturated carbocycles. The van der Waals surface area contributed by atoms with E-state index >= 15 is 0 Å². The van der Waals surface area contributed by atoms with Crippen LogP contribution in [0.5, 0.6) is 0 Å². The second-order valence-electron chi connectivity index (χ2n) is 8.82. The topological polar surface area (TPSA) is 98.7 Å². The monoisotopic (exact) mass is 385 g/mol. The van der Waals surface area contributed by atoms with E-state index in [-0.39, 0.29) is 29.4 Å². The van der Waals surface area contributed by atoms with E-state index in [4.69, 9.17) is 4.98 Å². The summed E-state index contributed by atoms with van der Waals surface area (Å²) >= 11 is 0. The minimum absolute atomic E-state index is 0.0375. The summed E-state index contributed by atoms with van der Waals surface area (Å²) in [5, 5.41) is 12.6. The average molecular weight is 385 g/mol. The van der Waals surface area contributed by atoms with Crippen molar-refractivity contribution in [3.05, 3.63) is 11.8 Å². The number of hydrogen-bond donors (Lipinski definition) is 2. The Morgan fingerprint density at radius 2 is 2.04 bits per heavy atom. The molecule has 2 aliphatic carbocycles. The number of fused-ring (bicyclic) bond motifs is 2. The Bertz CT molecular complexity index is 818. The van der Waals surface area contributed by atoms with Gasteiger partial charge in [0.1, 0.15) is 5.82 Å². The fraction of sp³-hybridized carbons (Fsp3) is 0.700. The molecule has 8 heteroatoms. The summed E-state index contributed by atoms with van der Waals surface area (Å²) in [7, 11) is 0. The van der Waals surface area contributed by atoms with Crippen LogP contribution in [0.25, 0.3) is 0 Å². The second-order valence-corrected chi connectivity index (χ2v) is 8.82. The second kappa shape index (κ2) is 6.32. The molecule has 0 radical (unpaired) electrons. The lowest BCUT2D eigenvalue weighted by molar-refractivity contribution is -0.120. The summed E-state index contributed by atoms with van der Waals surface area (Å²) in [6, 6.07) is 0.368. The van der Waals surface area contributed by atoms with E-state index < -0.39 is 6.09 Å². The molecular formula is C20H27N5O3. The van der Waals surface area contributed by atoms with Gasteiger partial charge in [-0.3, -0.25) is 9.69 Å². The van der Waals surface area contributed by atoms with E-state index in [0.717, 1.165) is 49.9 Å². The molecule has 2 N–H and O–H groups in total. The number of likely N-dealkylation sites (tertiary alicyclic amines) is 1. The highest BCUT2D eigenvalue weighted by molar-refractivity contribution is 6.09. The zero-order valence-electron chi connectivity index (χ0n) is 16.2. The fourth-order valence-electron chi connectivity index (χ4n) is 5.28. The van der Waals surface area contributed by atoms with Crippen LogP contribution in [0.1, 0.15) is 63.9 Å². The maximum atomic E-state index is 13.2. The van der Waals surface area contributed by atoms with Gasteiger partial charge in [0.2, 0.25) is 11.9 Å². The smallest absolute Gasteiger partial charge is 0.407 e. The Hall–Kier alpha value is -2.38. The molecule has 28 heavy (non-hydrogen) atoms. The van der Waals surface area contributed by atoms with Gasteiger partial charge in [0, 0.05) is 36.4 Å². The first-order valence-electron chi connectivity index (χ1n) is 10.5. The number of hydrogen-bond acceptors (Lipinski definition) is 5. The van der Waals surface area contributed by atoms with Gasteiger partial charge in [0.15, 0.2) is 0 Å². The standard InChI is InChI=1S/C20H27N5O3/c1-12-10-13(6-9-24(12)19(27)28)22-18-21-11-15-16(23-18)25(14-4-2-3-5-14)17(26)20(15)7-8-20/h11-14H,2-10H2,1H3,(H,27,28)(H,21,22,23). The van der Waals surface area contributed by atoms with Gasteiger partial charge in [-0.05, 0) is 45.4 Å². The lowest BCUT2D eigenvalue weighted by Crippen LogP contribution is -2.47. The minimum atomic E-state index is -0.861. The van der Waals surface area contributed by atoms with E-state index in [0.29, 0.717) is 12.5 Å². The lowest BCUT2D eigenvalue weighted by atomic mass is 9.99. The number of nitrogens with zero attached hydrogens (tertiary/aromatic N) is 4. The summed E-state index contributed by atoms with van der Waals surface area (Å²) < 4.78 is 0. The van der Waals surface area contributed by atoms with Gasteiger partial charge in [-0.15, -0.1) is 0 Å². The zero-order chi connectivity index (χ0) is 19.5. The van der Waals surface area contributed by atoms with Gasteiger partial charge < -0.3 is 15.3 Å². The highest BCUT2D eigenvalue weighted by Gasteiger charge is 2.61. The van der Waals surface area contributed by atoms with Crippen LogP contribution >= 0.6 is 0 Å². The van der Waals surface area contributed by atoms with Crippen molar-refractivity contribution in [2.45, 2.75) is 81.8 Å². The van der Waals surface area contributed by atoms with Crippen LogP contribution in [-0.2, 0) is 10.2 Å². The molecule has 2 aliphatic heterocycles. The fourth-order valence-corrected chi connectivity index (χ4v) is 5.28. The summed E-state index contributed by atoms with van der Waals surface area (Å²) in [6.45, 7) is 2.44. The minimum Gasteiger partial charge on any atom is -0.465 e. The zero-order valence-corrected chi connectivity index (χ0v) is 16.2. The van der Waals surface area contributed by atoms with Crippen LogP contribution in [0, 0.1) is 0 Å². The Morgan fingerprint density at radius 3 is 2.68 bits per heavy atom. The Kier molecular flexibility index (Phi) is 4.00. The predicted octanol–water partition coefficient (Wildman–Crippen LogP) is 2.74. The van der Waals surface area contributed by atoms with Gasteiger partial charge >= 0.3 is 6.09 Å². The number of carbonyl (C=O) groups excluding carboxylic acids is 1. The first-order valence-corrected chi connectivity index (χ1v) is 10.5. The van der Waals surface area contributed by atoms with Crippen LogP contribution < -0.4 is 10.2 Å². The molecule has 2 unspecified atom stereocenters. The summed E-state index contributed by atoms with van der Waals surface area (Å²) in [4.78, 5) is 37.2. The molecule has 2 atom stereocenters. The van der Waals surface area contributed by atoms with Crippen LogP contribution in [0.4, 0.5) is 16.6 Å². The third-order valence-corrected chi connectivity index (χ3v) is 7.04. The Labute approximate surface area is 164 Å². The molecule has 2 amide bonds. The van der Waals surface area contributed by atoms with Crippen molar-refractivity contribution < 1.29 is 14.7 Å². The van der Waals surface area contributed by atoms with Gasteiger partial charge in [0.05, 0.1) is 5.41 Å². The molecule has 0 aromatic carbocycles. The molecule has 1 aromatic rings. The van der Waals surface area contributed by atoms with Gasteiger partial charge in [-0.1, -0.05) is 12.8 Å². The van der Waals surface area contributed by atoms with Crippen molar-refractivity contribution in [2.24, 2.45) is 0 Å². The third-order valence-electron chi connectivity index (χ3n) is 7.04. The van der Waals surface area contributed by atoms with Gasteiger partial charge in [0.25, 0.3) is 0 Å². The number of nitrogens with one attached hydrogen (secondary N) is 1. The van der Waals surface area contributed by atoms with Crippen molar-refractivity contribution in [2.75, 3.05) is 16.8 Å². The molecule has 1 aromatic heterocycles. The number of piperidine rings is 1. The number of aromatic nitrogens is 2. The van der Waals surface area contributed by atoms with E-state index in [2.05, 4.69) is 10.3 Å². The van der Waals surface area contributed by atoms with Crippen molar-refractivity contribution >= 4 is 23.8 Å². The molecule has 5 rings (SSSR count). The number of amides is 2. The molecule has 1 saturated heterocycles. The maximum absolute atomic E-state index is 13.2. The Morgan fingerprint density at radius 1 is 1.29 bits per heavy atom. The average Bonchev–Trinajstić information content (AvgIpc) is 3.22. The molecule has 3 heterocycles. The van der Waals surface area contributed by atoms with Crippen LogP contribution in [-0.4, -0.2) is 56.6 Å². The first kappa shape index (κ1) is 17.7. The van der Waals surface area contributed by atoms with Crippen LogP contribution in [0.2, 0.25) is 0 Å². The number of anilines is 2. The molecule has 1 spiro atoms. The summed E-state index contributed by atoms with van der Waals surface area (Å²) in [5.41, 5.74) is 0.654. The molecule has 4 aliphatic rings. The third kappa shape index (κ3) is 2.64. The predicted molar refractivity (Wildman–Crippen MR) is 104 cm³/mol. The van der Waals surface area contributed by atoms with Crippen molar-refractivity contribution in [3.8, 4) is 0 Å². The molecule has 3 fully saturated rings. The number of carbonyl (C=O) groups is 2. The molecule has 8 nitrogen and oxygen atoms in total. The van der Waals surface area contributed by atoms with Crippen molar-refractivity contribution in [1.82, 2.24) is 14.9 Å². The highest BCUT2D eigenvalue weighted by Crippen LogP contribution is 2.57. The van der Waals surface area contributed by atoms with Crippen LogP contribution in [0.15, 0.2) is 6.20 Å². The number of rotatable bonds is 3. The van der Waals surface area contributed by atoms with Crippen LogP contribution in [0.3, 0.4) is 0 Å². The summed E-state index contributed by atoms with van der Waals surface area (Å²) in [6.07, 6.45) is 8.71. The highest BCUT2D eigenvalue weighted by atomic mass is 16.4. The number of carboxylic acid groups (broad SMARTS) is 1. The quantitative estimate of drug-likeness (QED) is 0.830. The van der Waals surface area contributed by atoms with E-state index in [1.165, 1.54) is 17.7 Å². The SMILES string of the molecule is CC1CC(Nc2ncc3c(n2)N(C2CCCC2)C(=O)C32CC2)CCN1C(=O)O. The maximum Gasteiger partial charge on any atom is 0.407 e. The Balaban J connectivity index is 1.37. The van der Waals surface area contributed by atoms with Crippen molar-refractivity contribution in [1.29, 1.82) is 0 Å². The van der Waals surface area contributed by atoms with E-state index in [1.54, 1.807) is 0 Å². The van der Waals surface area contributed by atoms with Gasteiger partial charge in [-0.2, -0.15) is 4.98 Å².